The number of aliphatic hydroxyl groups excluding tert-OH is 1. The molecule has 0 spiro atoms. The molecular formula is C18H24N6O2. The Hall–Kier alpha value is -2.87. The van der Waals surface area contributed by atoms with E-state index >= 15 is 0 Å². The van der Waals surface area contributed by atoms with Crippen LogP contribution in [0.1, 0.15) is 11.7 Å². The van der Waals surface area contributed by atoms with E-state index in [0.29, 0.717) is 17.3 Å². The second-order valence-electron chi connectivity index (χ2n) is 5.98. The van der Waals surface area contributed by atoms with Crippen molar-refractivity contribution in [2.75, 3.05) is 44.7 Å². The smallest absolute Gasteiger partial charge is 0.225 e. The molecule has 1 atom stereocenters. The van der Waals surface area contributed by atoms with Crippen LogP contribution in [0.2, 0.25) is 0 Å². The lowest BCUT2D eigenvalue weighted by Gasteiger charge is -2.35. The third-order valence-corrected chi connectivity index (χ3v) is 4.36. The first-order valence-electron chi connectivity index (χ1n) is 8.57. The minimum atomic E-state index is -0.760. The summed E-state index contributed by atoms with van der Waals surface area (Å²) in [5, 5.41) is 10.4. The van der Waals surface area contributed by atoms with Crippen LogP contribution in [0.4, 0.5) is 5.95 Å². The molecule has 0 saturated carbocycles. The Morgan fingerprint density at radius 2 is 1.88 bits per heavy atom. The third-order valence-electron chi connectivity index (χ3n) is 4.36. The first-order valence-corrected chi connectivity index (χ1v) is 8.57. The number of hydrogen-bond donors (Lipinski definition) is 2. The number of aromatic nitrogens is 2. The zero-order valence-corrected chi connectivity index (χ0v) is 14.8. The minimum absolute atomic E-state index is 0.189. The van der Waals surface area contributed by atoms with Crippen LogP contribution in [0.3, 0.4) is 0 Å². The normalized spacial score (nSPS) is 16.5. The molecule has 1 aliphatic rings. The Bertz CT molecular complexity index is 731. The van der Waals surface area contributed by atoms with Gasteiger partial charge in [-0.2, -0.15) is 0 Å². The lowest BCUT2D eigenvalue weighted by atomic mass is 10.1. The number of guanidine groups is 1. The summed E-state index contributed by atoms with van der Waals surface area (Å²) in [5.41, 5.74) is 6.82. The largest absolute Gasteiger partial charge is 0.496 e. The van der Waals surface area contributed by atoms with E-state index in [2.05, 4.69) is 19.9 Å². The predicted molar refractivity (Wildman–Crippen MR) is 100 cm³/mol. The van der Waals surface area contributed by atoms with Crippen LogP contribution in [-0.4, -0.2) is 65.8 Å². The van der Waals surface area contributed by atoms with Crippen molar-refractivity contribution in [3.8, 4) is 5.75 Å². The summed E-state index contributed by atoms with van der Waals surface area (Å²) in [6.07, 6.45) is 2.72. The van der Waals surface area contributed by atoms with Crippen molar-refractivity contribution in [2.45, 2.75) is 6.10 Å². The number of benzene rings is 1. The molecule has 8 nitrogen and oxygen atoms in total. The fourth-order valence-electron chi connectivity index (χ4n) is 2.91. The number of hydrogen-bond acceptors (Lipinski definition) is 6. The topological polar surface area (TPSA) is 100 Å². The van der Waals surface area contributed by atoms with Crippen molar-refractivity contribution in [2.24, 2.45) is 10.7 Å². The maximum atomic E-state index is 10.4. The van der Waals surface area contributed by atoms with Gasteiger partial charge in [0.25, 0.3) is 0 Å². The lowest BCUT2D eigenvalue weighted by molar-refractivity contribution is 0.182. The zero-order chi connectivity index (χ0) is 18.4. The summed E-state index contributed by atoms with van der Waals surface area (Å²) in [5.74, 6) is 1.81. The molecule has 1 unspecified atom stereocenters. The summed E-state index contributed by atoms with van der Waals surface area (Å²) in [4.78, 5) is 17.0. The molecule has 2 heterocycles. The Labute approximate surface area is 153 Å². The second-order valence-corrected chi connectivity index (χ2v) is 5.98. The maximum absolute atomic E-state index is 10.4. The number of nitrogens with zero attached hydrogens (tertiary/aromatic N) is 5. The van der Waals surface area contributed by atoms with E-state index in [-0.39, 0.29) is 6.54 Å². The van der Waals surface area contributed by atoms with Gasteiger partial charge in [0.05, 0.1) is 13.7 Å². The maximum Gasteiger partial charge on any atom is 0.225 e. The lowest BCUT2D eigenvalue weighted by Crippen LogP contribution is -2.51. The van der Waals surface area contributed by atoms with E-state index in [1.54, 1.807) is 25.6 Å². The third kappa shape index (κ3) is 4.20. The van der Waals surface area contributed by atoms with Crippen molar-refractivity contribution < 1.29 is 9.84 Å². The SMILES string of the molecule is COc1ccccc1C(O)CN=C(N)N1CCN(c2ncccn2)CC1. The van der Waals surface area contributed by atoms with Crippen molar-refractivity contribution >= 4 is 11.9 Å². The van der Waals surface area contributed by atoms with Gasteiger partial charge in [-0.15, -0.1) is 0 Å². The Morgan fingerprint density at radius 3 is 2.58 bits per heavy atom. The number of nitrogens with two attached hydrogens (primary N) is 1. The number of anilines is 1. The van der Waals surface area contributed by atoms with Crippen LogP contribution in [0.15, 0.2) is 47.7 Å². The first kappa shape index (κ1) is 17.9. The van der Waals surface area contributed by atoms with E-state index in [9.17, 15) is 5.11 Å². The minimum Gasteiger partial charge on any atom is -0.496 e. The average Bonchev–Trinajstić information content (AvgIpc) is 2.72. The van der Waals surface area contributed by atoms with E-state index in [1.807, 2.05) is 29.2 Å². The van der Waals surface area contributed by atoms with Crippen LogP contribution >= 0.6 is 0 Å². The van der Waals surface area contributed by atoms with Crippen LogP contribution in [0, 0.1) is 0 Å². The molecule has 0 radical (unpaired) electrons. The quantitative estimate of drug-likeness (QED) is 0.599. The molecule has 0 amide bonds. The van der Waals surface area contributed by atoms with E-state index in [4.69, 9.17) is 10.5 Å². The van der Waals surface area contributed by atoms with E-state index in [1.165, 1.54) is 0 Å². The molecule has 138 valence electrons. The highest BCUT2D eigenvalue weighted by Crippen LogP contribution is 2.24. The van der Waals surface area contributed by atoms with Gasteiger partial charge in [-0.3, -0.25) is 4.99 Å². The summed E-state index contributed by atoms with van der Waals surface area (Å²) >= 11 is 0. The number of aliphatic imine (C=N–C) groups is 1. The monoisotopic (exact) mass is 356 g/mol. The number of piperazine rings is 1. The van der Waals surface area contributed by atoms with Gasteiger partial charge in [-0.25, -0.2) is 9.97 Å². The van der Waals surface area contributed by atoms with Gasteiger partial charge in [0.15, 0.2) is 5.96 Å². The van der Waals surface area contributed by atoms with Gasteiger partial charge in [0.1, 0.15) is 11.9 Å². The van der Waals surface area contributed by atoms with E-state index < -0.39 is 6.10 Å². The number of para-hydroxylation sites is 1. The van der Waals surface area contributed by atoms with Crippen molar-refractivity contribution in [1.82, 2.24) is 14.9 Å². The fraction of sp³-hybridized carbons (Fsp3) is 0.389. The summed E-state index contributed by atoms with van der Waals surface area (Å²) in [6.45, 7) is 3.20. The van der Waals surface area contributed by atoms with Crippen molar-refractivity contribution in [3.05, 3.63) is 48.3 Å². The highest BCUT2D eigenvalue weighted by Gasteiger charge is 2.20. The summed E-state index contributed by atoms with van der Waals surface area (Å²) < 4.78 is 5.28. The van der Waals surface area contributed by atoms with Crippen LogP contribution < -0.4 is 15.4 Å². The van der Waals surface area contributed by atoms with Gasteiger partial charge in [-0.05, 0) is 12.1 Å². The van der Waals surface area contributed by atoms with Gasteiger partial charge >= 0.3 is 0 Å². The molecule has 1 aromatic carbocycles. The Balaban J connectivity index is 1.55. The first-order chi connectivity index (χ1) is 12.7. The molecule has 2 aromatic rings. The molecule has 1 aromatic heterocycles. The molecule has 1 aliphatic heterocycles. The molecule has 26 heavy (non-hydrogen) atoms. The molecule has 1 fully saturated rings. The number of rotatable bonds is 5. The predicted octanol–water partition coefficient (Wildman–Crippen LogP) is 0.655. The number of aliphatic hydroxyl groups is 1. The average molecular weight is 356 g/mol. The molecular weight excluding hydrogens is 332 g/mol. The van der Waals surface area contributed by atoms with E-state index in [0.717, 1.165) is 32.1 Å². The van der Waals surface area contributed by atoms with Crippen LogP contribution in [0.25, 0.3) is 0 Å². The molecule has 1 saturated heterocycles. The molecule has 3 N–H and O–H groups in total. The van der Waals surface area contributed by atoms with Gasteiger partial charge in [-0.1, -0.05) is 18.2 Å². The van der Waals surface area contributed by atoms with Crippen LogP contribution in [0.5, 0.6) is 5.75 Å². The highest BCUT2D eigenvalue weighted by atomic mass is 16.5. The molecule has 0 bridgehead atoms. The highest BCUT2D eigenvalue weighted by molar-refractivity contribution is 5.78. The van der Waals surface area contributed by atoms with Crippen LogP contribution in [-0.2, 0) is 0 Å². The molecule has 3 rings (SSSR count). The van der Waals surface area contributed by atoms with Gasteiger partial charge in [0.2, 0.25) is 5.95 Å². The Kier molecular flexibility index (Phi) is 5.85. The summed E-state index contributed by atoms with van der Waals surface area (Å²) in [6, 6.07) is 9.17. The van der Waals surface area contributed by atoms with Crippen molar-refractivity contribution in [3.63, 3.8) is 0 Å². The van der Waals surface area contributed by atoms with Gasteiger partial charge < -0.3 is 25.4 Å². The van der Waals surface area contributed by atoms with Gasteiger partial charge in [0, 0.05) is 44.1 Å². The number of ether oxygens (including phenoxy) is 1. The van der Waals surface area contributed by atoms with Crippen molar-refractivity contribution in [1.29, 1.82) is 0 Å². The standard InChI is InChI=1S/C18H24N6O2/c1-26-16-6-3-2-5-14(16)15(25)13-22-17(19)23-9-11-24(12-10-23)18-20-7-4-8-21-18/h2-8,15,25H,9-13H2,1H3,(H2,19,22). The molecule has 0 aliphatic carbocycles. The molecule has 8 heteroatoms. The second kappa shape index (κ2) is 8.48. The fourth-order valence-corrected chi connectivity index (χ4v) is 2.91. The zero-order valence-electron chi connectivity index (χ0n) is 14.8. The number of methoxy groups -OCH3 is 1. The summed E-state index contributed by atoms with van der Waals surface area (Å²) in [7, 11) is 1.58. The Morgan fingerprint density at radius 1 is 1.19 bits per heavy atom.